The lowest BCUT2D eigenvalue weighted by Gasteiger charge is -2.08. The summed E-state index contributed by atoms with van der Waals surface area (Å²) in [4.78, 5) is 25.9. The van der Waals surface area contributed by atoms with E-state index in [4.69, 9.17) is 11.6 Å². The fourth-order valence-electron chi connectivity index (χ4n) is 1.89. The lowest BCUT2D eigenvalue weighted by atomic mass is 10.0. The van der Waals surface area contributed by atoms with Crippen LogP contribution in [0.25, 0.3) is 11.1 Å². The summed E-state index contributed by atoms with van der Waals surface area (Å²) in [7, 11) is 1.26. The third kappa shape index (κ3) is 2.53. The van der Waals surface area contributed by atoms with E-state index in [2.05, 4.69) is 9.72 Å². The summed E-state index contributed by atoms with van der Waals surface area (Å²) in [6.45, 7) is 1.66. The van der Waals surface area contributed by atoms with Gasteiger partial charge in [-0.3, -0.25) is 4.79 Å². The average Bonchev–Trinajstić information content (AvgIpc) is 2.38. The highest BCUT2D eigenvalue weighted by atomic mass is 35.5. The molecule has 1 heterocycles. The number of halogens is 1. The predicted octanol–water partition coefficient (Wildman–Crippen LogP) is 2.50. The van der Waals surface area contributed by atoms with Crippen LogP contribution in [0.15, 0.2) is 29.1 Å². The number of methoxy groups -OCH3 is 1. The molecule has 0 saturated heterocycles. The van der Waals surface area contributed by atoms with Gasteiger partial charge in [0, 0.05) is 16.3 Å². The van der Waals surface area contributed by atoms with Crippen LogP contribution in [-0.2, 0) is 4.74 Å². The number of carbonyl (C=O) groups is 1. The Kier molecular flexibility index (Phi) is 3.81. The second-order valence-corrected chi connectivity index (χ2v) is 4.64. The zero-order valence-corrected chi connectivity index (χ0v) is 11.6. The minimum atomic E-state index is -0.527. The average molecular weight is 294 g/mol. The molecule has 0 spiro atoms. The smallest absolute Gasteiger partial charge is 0.337 e. The van der Waals surface area contributed by atoms with Crippen molar-refractivity contribution in [3.8, 4) is 16.9 Å². The fraction of sp³-hybridized carbons (Fsp3) is 0.143. The van der Waals surface area contributed by atoms with Crippen molar-refractivity contribution < 1.29 is 14.6 Å². The van der Waals surface area contributed by atoms with Crippen LogP contribution < -0.4 is 5.56 Å². The number of aromatic amines is 1. The van der Waals surface area contributed by atoms with Crippen LogP contribution in [0, 0.1) is 6.92 Å². The molecule has 0 atom stereocenters. The van der Waals surface area contributed by atoms with Gasteiger partial charge in [-0.25, -0.2) is 4.79 Å². The molecule has 2 aromatic rings. The second-order valence-electron chi connectivity index (χ2n) is 4.23. The number of ether oxygens (including phenoxy) is 1. The number of hydrogen-bond donors (Lipinski definition) is 2. The number of aryl methyl sites for hydroxylation is 1. The number of benzene rings is 1. The zero-order valence-electron chi connectivity index (χ0n) is 10.9. The molecule has 0 fully saturated rings. The first kappa shape index (κ1) is 14.1. The first-order chi connectivity index (χ1) is 9.43. The Hall–Kier alpha value is -2.27. The van der Waals surface area contributed by atoms with Crippen molar-refractivity contribution in [3.05, 3.63) is 50.9 Å². The second kappa shape index (κ2) is 5.38. The minimum absolute atomic E-state index is 0.0667. The van der Waals surface area contributed by atoms with Gasteiger partial charge < -0.3 is 14.8 Å². The molecule has 104 valence electrons. The van der Waals surface area contributed by atoms with Crippen LogP contribution in [0.3, 0.4) is 0 Å². The van der Waals surface area contributed by atoms with E-state index in [1.54, 1.807) is 6.92 Å². The van der Waals surface area contributed by atoms with E-state index in [9.17, 15) is 14.7 Å². The summed E-state index contributed by atoms with van der Waals surface area (Å²) in [5.41, 5.74) is 0.771. The van der Waals surface area contributed by atoms with E-state index in [1.165, 1.54) is 31.4 Å². The maximum atomic E-state index is 11.9. The van der Waals surface area contributed by atoms with Crippen molar-refractivity contribution in [2.45, 2.75) is 6.92 Å². The minimum Gasteiger partial charge on any atom is -0.507 e. The number of pyridine rings is 1. The zero-order chi connectivity index (χ0) is 14.9. The number of aromatic nitrogens is 1. The van der Waals surface area contributed by atoms with Gasteiger partial charge in [0.25, 0.3) is 5.56 Å². The Labute approximate surface area is 119 Å². The van der Waals surface area contributed by atoms with Crippen LogP contribution in [0.1, 0.15) is 16.1 Å². The van der Waals surface area contributed by atoms with E-state index in [0.29, 0.717) is 11.3 Å². The highest BCUT2D eigenvalue weighted by molar-refractivity contribution is 6.33. The van der Waals surface area contributed by atoms with Crippen molar-refractivity contribution in [2.24, 2.45) is 0 Å². The first-order valence-electron chi connectivity index (χ1n) is 5.75. The molecule has 0 radical (unpaired) electrons. The Morgan fingerprint density at radius 2 is 2.05 bits per heavy atom. The number of aromatic hydroxyl groups is 1. The number of esters is 1. The highest BCUT2D eigenvalue weighted by Crippen LogP contribution is 2.32. The normalized spacial score (nSPS) is 10.3. The van der Waals surface area contributed by atoms with Gasteiger partial charge >= 0.3 is 5.97 Å². The first-order valence-corrected chi connectivity index (χ1v) is 6.13. The van der Waals surface area contributed by atoms with Gasteiger partial charge in [-0.2, -0.15) is 0 Å². The van der Waals surface area contributed by atoms with E-state index >= 15 is 0 Å². The molecular formula is C14H12ClNO4. The van der Waals surface area contributed by atoms with Gasteiger partial charge in [0.2, 0.25) is 0 Å². The number of nitrogens with one attached hydrogen (secondary N) is 1. The standard InChI is InChI=1S/C14H12ClNO4/c1-7-5-11(17)12(13(18)16-7)9-4-3-8(6-10(9)15)14(19)20-2/h3-6H,1-2H3,(H2,16,17,18). The predicted molar refractivity (Wildman–Crippen MR) is 75.3 cm³/mol. The Morgan fingerprint density at radius 1 is 1.35 bits per heavy atom. The van der Waals surface area contributed by atoms with Crippen molar-refractivity contribution in [1.82, 2.24) is 4.98 Å². The molecule has 1 aromatic heterocycles. The molecule has 1 aromatic carbocycles. The van der Waals surface area contributed by atoms with Crippen LogP contribution in [0.2, 0.25) is 5.02 Å². The molecule has 0 aliphatic heterocycles. The molecule has 5 nitrogen and oxygen atoms in total. The summed E-state index contributed by atoms with van der Waals surface area (Å²) in [5.74, 6) is -0.695. The summed E-state index contributed by atoms with van der Waals surface area (Å²) in [6, 6.07) is 5.79. The quantitative estimate of drug-likeness (QED) is 0.834. The number of rotatable bonds is 2. The number of carbonyl (C=O) groups excluding carboxylic acids is 1. The SMILES string of the molecule is COC(=O)c1ccc(-c2c(O)cc(C)[nH]c2=O)c(Cl)c1. The maximum Gasteiger partial charge on any atom is 0.337 e. The van der Waals surface area contributed by atoms with Gasteiger partial charge in [-0.15, -0.1) is 0 Å². The Morgan fingerprint density at radius 3 is 2.60 bits per heavy atom. The van der Waals surface area contributed by atoms with E-state index < -0.39 is 11.5 Å². The third-order valence-corrected chi connectivity index (χ3v) is 3.12. The van der Waals surface area contributed by atoms with E-state index in [0.717, 1.165) is 0 Å². The van der Waals surface area contributed by atoms with Gasteiger partial charge in [0.15, 0.2) is 0 Å². The van der Waals surface area contributed by atoms with Crippen LogP contribution in [0.5, 0.6) is 5.75 Å². The summed E-state index contributed by atoms with van der Waals surface area (Å²) in [6.07, 6.45) is 0. The molecular weight excluding hydrogens is 282 g/mol. The topological polar surface area (TPSA) is 79.4 Å². The van der Waals surface area contributed by atoms with Crippen molar-refractivity contribution in [2.75, 3.05) is 7.11 Å². The van der Waals surface area contributed by atoms with Crippen LogP contribution in [0.4, 0.5) is 0 Å². The number of hydrogen-bond acceptors (Lipinski definition) is 4. The largest absolute Gasteiger partial charge is 0.507 e. The summed E-state index contributed by atoms with van der Waals surface area (Å²) in [5, 5.41) is 10.1. The molecule has 0 amide bonds. The van der Waals surface area contributed by atoms with Gasteiger partial charge in [0.05, 0.1) is 18.2 Å². The molecule has 20 heavy (non-hydrogen) atoms. The van der Waals surface area contributed by atoms with Crippen molar-refractivity contribution >= 4 is 17.6 Å². The van der Waals surface area contributed by atoms with Gasteiger partial charge in [-0.1, -0.05) is 17.7 Å². The molecule has 0 aliphatic rings. The molecule has 0 unspecified atom stereocenters. The highest BCUT2D eigenvalue weighted by Gasteiger charge is 2.15. The summed E-state index contributed by atoms with van der Waals surface area (Å²) >= 11 is 6.08. The lowest BCUT2D eigenvalue weighted by Crippen LogP contribution is -2.10. The molecule has 2 rings (SSSR count). The monoisotopic (exact) mass is 293 g/mol. The molecule has 0 bridgehead atoms. The summed E-state index contributed by atoms with van der Waals surface area (Å²) < 4.78 is 4.59. The fourth-order valence-corrected chi connectivity index (χ4v) is 2.17. The van der Waals surface area contributed by atoms with E-state index in [-0.39, 0.29) is 21.9 Å². The maximum absolute atomic E-state index is 11.9. The Balaban J connectivity index is 2.60. The van der Waals surface area contributed by atoms with E-state index in [1.807, 2.05) is 0 Å². The molecule has 2 N–H and O–H groups in total. The lowest BCUT2D eigenvalue weighted by molar-refractivity contribution is 0.0601. The third-order valence-electron chi connectivity index (χ3n) is 2.81. The molecule has 0 aliphatic carbocycles. The van der Waals surface area contributed by atoms with Gasteiger partial charge in [-0.05, 0) is 25.1 Å². The van der Waals surface area contributed by atoms with Gasteiger partial charge in [0.1, 0.15) is 5.75 Å². The van der Waals surface area contributed by atoms with Crippen molar-refractivity contribution in [1.29, 1.82) is 0 Å². The van der Waals surface area contributed by atoms with Crippen molar-refractivity contribution in [3.63, 3.8) is 0 Å². The van der Waals surface area contributed by atoms with Crippen LogP contribution in [-0.4, -0.2) is 23.2 Å². The molecule has 6 heteroatoms. The molecule has 0 saturated carbocycles. The van der Waals surface area contributed by atoms with Crippen LogP contribution >= 0.6 is 11.6 Å². The number of H-pyrrole nitrogens is 1. The Bertz CT molecular complexity index is 736.